The van der Waals surface area contributed by atoms with Crippen molar-refractivity contribution in [2.45, 2.75) is 38.8 Å². The lowest BCUT2D eigenvalue weighted by atomic mass is 10.1. The monoisotopic (exact) mass is 465 g/mol. The van der Waals surface area contributed by atoms with E-state index < -0.39 is 0 Å². The fourth-order valence-corrected chi connectivity index (χ4v) is 4.02. The van der Waals surface area contributed by atoms with Crippen LogP contribution in [0.4, 0.5) is 0 Å². The van der Waals surface area contributed by atoms with Crippen LogP contribution in [0.15, 0.2) is 48.7 Å². The predicted octanol–water partition coefficient (Wildman–Crippen LogP) is 4.69. The molecule has 0 amide bonds. The molecule has 5 heteroatoms. The highest BCUT2D eigenvalue weighted by molar-refractivity contribution is 14.1. The normalized spacial score (nSPS) is 15.3. The molecule has 0 bridgehead atoms. The van der Waals surface area contributed by atoms with Crippen LogP contribution >= 0.6 is 22.9 Å². The van der Waals surface area contributed by atoms with Crippen LogP contribution < -0.4 is 4.74 Å². The summed E-state index contributed by atoms with van der Waals surface area (Å²) in [6.45, 7) is 6.23. The first-order valence-electron chi connectivity index (χ1n) is 9.54. The first-order valence-corrected chi connectivity index (χ1v) is 10.5. The fourth-order valence-electron chi connectivity index (χ4n) is 3.27. The molecule has 0 N–H and O–H groups in total. The number of pyridine rings is 1. The first kappa shape index (κ1) is 19.6. The number of ether oxygens (including phenoxy) is 1. The van der Waals surface area contributed by atoms with Crippen molar-refractivity contribution < 1.29 is 4.74 Å². The van der Waals surface area contributed by atoms with Gasteiger partial charge in [0.05, 0.1) is 18.8 Å². The number of piperidine rings is 1. The molecule has 1 aliphatic heterocycles. The summed E-state index contributed by atoms with van der Waals surface area (Å²) in [5, 5.41) is 0. The van der Waals surface area contributed by atoms with E-state index in [0.717, 1.165) is 44.1 Å². The summed E-state index contributed by atoms with van der Waals surface area (Å²) >= 11 is 2.36. The van der Waals surface area contributed by atoms with Gasteiger partial charge in [-0.05, 0) is 62.2 Å². The second kappa shape index (κ2) is 10.8. The topological polar surface area (TPSA) is 28.6 Å². The van der Waals surface area contributed by atoms with Crippen molar-refractivity contribution in [3.8, 4) is 5.75 Å². The summed E-state index contributed by atoms with van der Waals surface area (Å²) < 4.78 is 8.15. The average Bonchev–Trinajstić information content (AvgIpc) is 2.68. The molecule has 3 rings (SSSR count). The van der Waals surface area contributed by atoms with Crippen LogP contribution in [0.5, 0.6) is 5.75 Å². The van der Waals surface area contributed by atoms with Crippen LogP contribution in [0.3, 0.4) is 0 Å². The van der Waals surface area contributed by atoms with Gasteiger partial charge in [0.1, 0.15) is 5.75 Å². The van der Waals surface area contributed by atoms with Crippen molar-refractivity contribution in [1.29, 1.82) is 0 Å². The van der Waals surface area contributed by atoms with Crippen molar-refractivity contribution in [1.82, 2.24) is 13.0 Å². The highest BCUT2D eigenvalue weighted by Gasteiger charge is 2.09. The zero-order valence-electron chi connectivity index (χ0n) is 15.3. The number of likely N-dealkylation sites (tertiary alicyclic amines) is 1. The number of nitrogens with zero attached hydrogens (tertiary/aromatic N) is 3. The third-order valence-corrected chi connectivity index (χ3v) is 5.36. The van der Waals surface area contributed by atoms with E-state index >= 15 is 0 Å². The molecule has 1 aromatic heterocycles. The van der Waals surface area contributed by atoms with Gasteiger partial charge >= 0.3 is 0 Å². The number of halogens is 1. The van der Waals surface area contributed by atoms with Gasteiger partial charge in [0.15, 0.2) is 0 Å². The summed E-state index contributed by atoms with van der Waals surface area (Å²) in [5.74, 6) is 0.970. The van der Waals surface area contributed by atoms with Crippen molar-refractivity contribution in [3.05, 3.63) is 59.9 Å². The Balaban J connectivity index is 1.36. The summed E-state index contributed by atoms with van der Waals surface area (Å²) in [7, 11) is 0. The van der Waals surface area contributed by atoms with Crippen molar-refractivity contribution in [2.75, 3.05) is 26.2 Å². The molecule has 1 aromatic carbocycles. The zero-order chi connectivity index (χ0) is 18.0. The van der Waals surface area contributed by atoms with Crippen molar-refractivity contribution in [3.63, 3.8) is 0 Å². The van der Waals surface area contributed by atoms with E-state index in [1.165, 1.54) is 37.9 Å². The Bertz CT molecular complexity index is 629. The van der Waals surface area contributed by atoms with Gasteiger partial charge in [0, 0.05) is 42.2 Å². The predicted molar refractivity (Wildman–Crippen MR) is 114 cm³/mol. The third kappa shape index (κ3) is 6.85. The smallest absolute Gasteiger partial charge is 0.119 e. The zero-order valence-corrected chi connectivity index (χ0v) is 17.5. The Kier molecular flexibility index (Phi) is 8.17. The van der Waals surface area contributed by atoms with E-state index in [4.69, 9.17) is 4.74 Å². The molecular formula is C21H28IN3O. The van der Waals surface area contributed by atoms with Gasteiger partial charge in [-0.1, -0.05) is 24.6 Å². The SMILES string of the molecule is IN(Cc1ccc(OCCCN2CCCCC2)cc1)Cc1ccccn1. The highest BCUT2D eigenvalue weighted by atomic mass is 127. The van der Waals surface area contributed by atoms with Crippen LogP contribution in [-0.4, -0.2) is 39.2 Å². The van der Waals surface area contributed by atoms with Gasteiger partial charge in [-0.25, -0.2) is 3.11 Å². The lowest BCUT2D eigenvalue weighted by molar-refractivity contribution is 0.205. The van der Waals surface area contributed by atoms with Crippen molar-refractivity contribution in [2.24, 2.45) is 0 Å². The lowest BCUT2D eigenvalue weighted by Gasteiger charge is -2.26. The molecule has 0 unspecified atom stereocenters. The quantitative estimate of drug-likeness (QED) is 0.305. The van der Waals surface area contributed by atoms with Gasteiger partial charge in [0.2, 0.25) is 0 Å². The molecule has 0 saturated carbocycles. The minimum absolute atomic E-state index is 0.800. The lowest BCUT2D eigenvalue weighted by Crippen LogP contribution is -2.31. The van der Waals surface area contributed by atoms with Crippen molar-refractivity contribution >= 4 is 22.9 Å². The average molecular weight is 465 g/mol. The van der Waals surface area contributed by atoms with E-state index in [-0.39, 0.29) is 0 Å². The van der Waals surface area contributed by atoms with Gasteiger partial charge in [-0.3, -0.25) is 4.98 Å². The summed E-state index contributed by atoms with van der Waals surface area (Å²) in [6.07, 6.45) is 7.06. The maximum absolute atomic E-state index is 5.90. The van der Waals surface area contributed by atoms with Crippen LogP contribution in [0, 0.1) is 0 Å². The highest BCUT2D eigenvalue weighted by Crippen LogP contribution is 2.17. The minimum atomic E-state index is 0.800. The molecule has 1 aliphatic rings. The molecule has 140 valence electrons. The standard InChI is InChI=1S/C21H28IN3O/c22-25(18-20-7-2-3-12-23-20)17-19-8-10-21(11-9-19)26-16-6-15-24-13-4-1-5-14-24/h2-3,7-12H,1,4-6,13-18H2. The Hall–Kier alpha value is -1.18. The Morgan fingerprint density at radius 2 is 1.81 bits per heavy atom. The molecule has 1 saturated heterocycles. The van der Waals surface area contributed by atoms with Crippen LogP contribution in [0.25, 0.3) is 0 Å². The maximum Gasteiger partial charge on any atom is 0.119 e. The van der Waals surface area contributed by atoms with E-state index in [9.17, 15) is 0 Å². The summed E-state index contributed by atoms with van der Waals surface area (Å²) in [6, 6.07) is 14.5. The largest absolute Gasteiger partial charge is 0.494 e. The van der Waals surface area contributed by atoms with Gasteiger partial charge in [0.25, 0.3) is 0 Å². The van der Waals surface area contributed by atoms with E-state index in [2.05, 4.69) is 66.2 Å². The van der Waals surface area contributed by atoms with E-state index in [1.807, 2.05) is 18.3 Å². The molecule has 0 radical (unpaired) electrons. The van der Waals surface area contributed by atoms with Gasteiger partial charge in [-0.2, -0.15) is 0 Å². The first-order chi connectivity index (χ1) is 12.8. The minimum Gasteiger partial charge on any atom is -0.494 e. The third-order valence-electron chi connectivity index (χ3n) is 4.67. The Labute approximate surface area is 171 Å². The molecule has 2 heterocycles. The number of aromatic nitrogens is 1. The fraction of sp³-hybridized carbons (Fsp3) is 0.476. The summed E-state index contributed by atoms with van der Waals surface area (Å²) in [5.41, 5.74) is 2.38. The van der Waals surface area contributed by atoms with Crippen LogP contribution in [0.1, 0.15) is 36.9 Å². The van der Waals surface area contributed by atoms with E-state index in [0.29, 0.717) is 0 Å². The molecule has 2 aromatic rings. The van der Waals surface area contributed by atoms with E-state index in [1.54, 1.807) is 0 Å². The molecular weight excluding hydrogens is 437 g/mol. The second-order valence-electron chi connectivity index (χ2n) is 6.85. The molecule has 0 spiro atoms. The number of hydrogen-bond donors (Lipinski definition) is 0. The van der Waals surface area contributed by atoms with Gasteiger partial charge < -0.3 is 9.64 Å². The molecule has 1 fully saturated rings. The maximum atomic E-state index is 5.90. The van der Waals surface area contributed by atoms with Crippen LogP contribution in [-0.2, 0) is 13.1 Å². The Morgan fingerprint density at radius 1 is 1.00 bits per heavy atom. The molecule has 0 aliphatic carbocycles. The Morgan fingerprint density at radius 3 is 2.54 bits per heavy atom. The molecule has 0 atom stereocenters. The number of hydrogen-bond acceptors (Lipinski definition) is 4. The van der Waals surface area contributed by atoms with Gasteiger partial charge in [-0.15, -0.1) is 0 Å². The molecule has 26 heavy (non-hydrogen) atoms. The molecule has 4 nitrogen and oxygen atoms in total. The summed E-state index contributed by atoms with van der Waals surface area (Å²) in [4.78, 5) is 6.94. The number of benzene rings is 1. The number of rotatable bonds is 9. The van der Waals surface area contributed by atoms with Crippen LogP contribution in [0.2, 0.25) is 0 Å². The second-order valence-corrected chi connectivity index (χ2v) is 8.21.